The van der Waals surface area contributed by atoms with Crippen molar-refractivity contribution in [1.82, 2.24) is 10.6 Å². The monoisotopic (exact) mass is 342 g/mol. The van der Waals surface area contributed by atoms with Gasteiger partial charge in [-0.25, -0.2) is 0 Å². The van der Waals surface area contributed by atoms with E-state index in [1.807, 2.05) is 0 Å². The van der Waals surface area contributed by atoms with Gasteiger partial charge in [0.15, 0.2) is 0 Å². The summed E-state index contributed by atoms with van der Waals surface area (Å²) in [7, 11) is 0. The lowest BCUT2D eigenvalue weighted by atomic mass is 10.3. The van der Waals surface area contributed by atoms with Gasteiger partial charge in [-0.3, -0.25) is 9.59 Å². The Morgan fingerprint density at radius 1 is 1.00 bits per heavy atom. The van der Waals surface area contributed by atoms with Gasteiger partial charge in [-0.15, -0.1) is 0 Å². The van der Waals surface area contributed by atoms with Crippen LogP contribution in [-0.4, -0.2) is 34.6 Å². The molecule has 0 aromatic rings. The van der Waals surface area contributed by atoms with Gasteiger partial charge in [0.05, 0.1) is 9.65 Å². The summed E-state index contributed by atoms with van der Waals surface area (Å²) in [4.78, 5) is 21.8. The lowest BCUT2D eigenvalue weighted by Gasteiger charge is -2.08. The number of carbonyl (C=O) groups is 2. The highest BCUT2D eigenvalue weighted by atomic mass is 79.9. The van der Waals surface area contributed by atoms with E-state index in [1.165, 1.54) is 0 Å². The molecular weight excluding hydrogens is 328 g/mol. The minimum atomic E-state index is -0.172. The van der Waals surface area contributed by atoms with Gasteiger partial charge >= 0.3 is 0 Å². The Labute approximate surface area is 107 Å². The molecule has 0 aliphatic rings. The SMILES string of the molecule is CC(Br)C(=O)NCCCNC(=O)C(C)Br. The molecule has 0 aromatic carbocycles. The molecule has 0 radical (unpaired) electrons. The first-order valence-electron chi connectivity index (χ1n) is 4.78. The van der Waals surface area contributed by atoms with Gasteiger partial charge in [-0.1, -0.05) is 31.9 Å². The first-order valence-corrected chi connectivity index (χ1v) is 6.62. The summed E-state index contributed by atoms with van der Waals surface area (Å²) in [6.07, 6.45) is 0.733. The molecule has 0 aliphatic heterocycles. The summed E-state index contributed by atoms with van der Waals surface area (Å²) in [6, 6.07) is 0. The molecule has 2 N–H and O–H groups in total. The topological polar surface area (TPSA) is 58.2 Å². The van der Waals surface area contributed by atoms with Crippen molar-refractivity contribution in [2.75, 3.05) is 13.1 Å². The highest BCUT2D eigenvalue weighted by Gasteiger charge is 2.08. The van der Waals surface area contributed by atoms with E-state index in [-0.39, 0.29) is 21.5 Å². The van der Waals surface area contributed by atoms with Crippen molar-refractivity contribution in [3.63, 3.8) is 0 Å². The smallest absolute Gasteiger partial charge is 0.233 e. The van der Waals surface area contributed by atoms with Crippen molar-refractivity contribution in [1.29, 1.82) is 0 Å². The van der Waals surface area contributed by atoms with Crippen LogP contribution in [0.2, 0.25) is 0 Å². The van der Waals surface area contributed by atoms with Crippen molar-refractivity contribution in [2.45, 2.75) is 29.9 Å². The lowest BCUT2D eigenvalue weighted by Crippen LogP contribution is -2.34. The summed E-state index contributed by atoms with van der Waals surface area (Å²) in [6.45, 7) is 4.69. The third-order valence-corrected chi connectivity index (χ3v) is 2.51. The minimum absolute atomic E-state index is 0.0322. The normalized spacial score (nSPS) is 14.1. The molecule has 0 rings (SSSR count). The van der Waals surface area contributed by atoms with Crippen molar-refractivity contribution in [3.05, 3.63) is 0 Å². The molecule has 88 valence electrons. The van der Waals surface area contributed by atoms with Crippen LogP contribution in [0.1, 0.15) is 20.3 Å². The van der Waals surface area contributed by atoms with Crippen LogP contribution in [-0.2, 0) is 9.59 Å². The number of nitrogens with one attached hydrogen (secondary N) is 2. The molecule has 15 heavy (non-hydrogen) atoms. The number of carbonyl (C=O) groups excluding carboxylic acids is 2. The second kappa shape index (κ2) is 8.10. The van der Waals surface area contributed by atoms with Crippen LogP contribution < -0.4 is 10.6 Å². The summed E-state index contributed by atoms with van der Waals surface area (Å²) in [5.41, 5.74) is 0. The molecule has 6 heteroatoms. The molecule has 0 aliphatic carbocycles. The second-order valence-electron chi connectivity index (χ2n) is 3.17. The standard InChI is InChI=1S/C9H16Br2N2O2/c1-6(10)8(14)12-4-3-5-13-9(15)7(2)11/h6-7H,3-5H2,1-2H3,(H,12,14)(H,13,15). The fraction of sp³-hybridized carbons (Fsp3) is 0.778. The summed E-state index contributed by atoms with van der Waals surface area (Å²) < 4.78 is 0. The maximum Gasteiger partial charge on any atom is 0.233 e. The number of amides is 2. The first kappa shape index (κ1) is 14.9. The number of halogens is 2. The minimum Gasteiger partial charge on any atom is -0.355 e. The Morgan fingerprint density at radius 2 is 1.33 bits per heavy atom. The number of hydrogen-bond acceptors (Lipinski definition) is 2. The Balaban J connectivity index is 3.40. The molecular formula is C9H16Br2N2O2. The molecule has 0 saturated heterocycles. The largest absolute Gasteiger partial charge is 0.355 e. The van der Waals surface area contributed by atoms with E-state index < -0.39 is 0 Å². The third kappa shape index (κ3) is 7.79. The van der Waals surface area contributed by atoms with Crippen molar-refractivity contribution in [3.8, 4) is 0 Å². The number of alkyl halides is 2. The van der Waals surface area contributed by atoms with E-state index in [1.54, 1.807) is 13.8 Å². The zero-order chi connectivity index (χ0) is 11.8. The fourth-order valence-corrected chi connectivity index (χ4v) is 1.12. The average Bonchev–Trinajstić information content (AvgIpc) is 2.16. The van der Waals surface area contributed by atoms with Gasteiger partial charge in [0, 0.05) is 13.1 Å². The maximum atomic E-state index is 11.1. The lowest BCUT2D eigenvalue weighted by molar-refractivity contribution is -0.120. The van der Waals surface area contributed by atoms with E-state index in [2.05, 4.69) is 42.5 Å². The third-order valence-electron chi connectivity index (χ3n) is 1.67. The van der Waals surface area contributed by atoms with Crippen LogP contribution in [0.3, 0.4) is 0 Å². The maximum absolute atomic E-state index is 11.1. The first-order chi connectivity index (χ1) is 6.95. The molecule has 0 aromatic heterocycles. The van der Waals surface area contributed by atoms with Crippen molar-refractivity contribution >= 4 is 43.7 Å². The predicted molar refractivity (Wildman–Crippen MR) is 67.4 cm³/mol. The molecule has 2 atom stereocenters. The van der Waals surface area contributed by atoms with Crippen LogP contribution in [0, 0.1) is 0 Å². The Kier molecular flexibility index (Phi) is 8.04. The number of rotatable bonds is 6. The van der Waals surface area contributed by atoms with Gasteiger partial charge < -0.3 is 10.6 Å². The van der Waals surface area contributed by atoms with Crippen LogP contribution >= 0.6 is 31.9 Å². The van der Waals surface area contributed by atoms with E-state index in [4.69, 9.17) is 0 Å². The molecule has 0 heterocycles. The Morgan fingerprint density at radius 3 is 1.60 bits per heavy atom. The zero-order valence-corrected chi connectivity index (χ0v) is 12.0. The van der Waals surface area contributed by atoms with Crippen molar-refractivity contribution < 1.29 is 9.59 Å². The van der Waals surface area contributed by atoms with Crippen LogP contribution in [0.5, 0.6) is 0 Å². The molecule has 4 nitrogen and oxygen atoms in total. The molecule has 0 bridgehead atoms. The van der Waals surface area contributed by atoms with Gasteiger partial charge in [0.2, 0.25) is 11.8 Å². The predicted octanol–water partition coefficient (Wildman–Crippen LogP) is 1.18. The fourth-order valence-electron chi connectivity index (χ4n) is 0.793. The van der Waals surface area contributed by atoms with Gasteiger partial charge in [0.1, 0.15) is 0 Å². The van der Waals surface area contributed by atoms with Crippen LogP contribution in [0.15, 0.2) is 0 Å². The average molecular weight is 344 g/mol. The highest BCUT2D eigenvalue weighted by Crippen LogP contribution is 1.97. The van der Waals surface area contributed by atoms with Crippen LogP contribution in [0.25, 0.3) is 0 Å². The molecule has 2 amide bonds. The molecule has 0 spiro atoms. The number of hydrogen-bond donors (Lipinski definition) is 2. The van der Waals surface area contributed by atoms with Gasteiger partial charge in [-0.2, -0.15) is 0 Å². The van der Waals surface area contributed by atoms with E-state index >= 15 is 0 Å². The summed E-state index contributed by atoms with van der Waals surface area (Å²) in [5.74, 6) is -0.0645. The summed E-state index contributed by atoms with van der Waals surface area (Å²) >= 11 is 6.33. The van der Waals surface area contributed by atoms with Gasteiger partial charge in [0.25, 0.3) is 0 Å². The van der Waals surface area contributed by atoms with E-state index in [9.17, 15) is 9.59 Å². The molecule has 2 unspecified atom stereocenters. The van der Waals surface area contributed by atoms with E-state index in [0.29, 0.717) is 13.1 Å². The molecule has 0 saturated carbocycles. The van der Waals surface area contributed by atoms with Crippen molar-refractivity contribution in [2.24, 2.45) is 0 Å². The quantitative estimate of drug-likeness (QED) is 0.562. The Hall–Kier alpha value is -0.100. The highest BCUT2D eigenvalue weighted by molar-refractivity contribution is 9.10. The summed E-state index contributed by atoms with van der Waals surface area (Å²) in [5, 5.41) is 5.47. The van der Waals surface area contributed by atoms with E-state index in [0.717, 1.165) is 6.42 Å². The zero-order valence-electron chi connectivity index (χ0n) is 8.85. The molecule has 0 fully saturated rings. The van der Waals surface area contributed by atoms with Crippen LogP contribution in [0.4, 0.5) is 0 Å². The van der Waals surface area contributed by atoms with Gasteiger partial charge in [-0.05, 0) is 20.3 Å². The second-order valence-corrected chi connectivity index (χ2v) is 5.91. The Bertz CT molecular complexity index is 198.